The van der Waals surface area contributed by atoms with Crippen molar-refractivity contribution in [1.29, 1.82) is 0 Å². The minimum atomic E-state index is -4.51. The second-order valence-corrected chi connectivity index (χ2v) is 30.2. The van der Waals surface area contributed by atoms with Gasteiger partial charge in [-0.25, -0.2) is 0 Å². The van der Waals surface area contributed by atoms with Crippen LogP contribution in [0.4, 0.5) is 13.2 Å². The van der Waals surface area contributed by atoms with E-state index < -0.39 is 167 Å². The summed E-state index contributed by atoms with van der Waals surface area (Å²) < 4.78 is 41.9. The van der Waals surface area contributed by atoms with Crippen LogP contribution in [0.3, 0.4) is 0 Å². The zero-order valence-electron chi connectivity index (χ0n) is 59.7. The highest BCUT2D eigenvalue weighted by Crippen LogP contribution is 2.44. The average molecular weight is 1390 g/mol. The van der Waals surface area contributed by atoms with Crippen molar-refractivity contribution in [2.75, 3.05) is 61.9 Å². The van der Waals surface area contributed by atoms with Crippen LogP contribution in [-0.4, -0.2) is 239 Å². The first-order valence-electron chi connectivity index (χ1n) is 35.6. The topological polar surface area (TPSA) is 288 Å². The van der Waals surface area contributed by atoms with Crippen molar-refractivity contribution in [3.05, 3.63) is 0 Å². The smallest absolute Gasteiger partial charge is 0.359 e. The highest BCUT2D eigenvalue weighted by atomic mass is 35.5. The van der Waals surface area contributed by atoms with Crippen LogP contribution in [0.1, 0.15) is 196 Å². The summed E-state index contributed by atoms with van der Waals surface area (Å²) >= 11 is 6.39. The predicted octanol–water partition coefficient (Wildman–Crippen LogP) is 5.26. The molecule has 3 saturated heterocycles. The first-order valence-corrected chi connectivity index (χ1v) is 36.1. The maximum absolute atomic E-state index is 15.2. The molecular weight excluding hydrogens is 1280 g/mol. The van der Waals surface area contributed by atoms with Gasteiger partial charge in [0.05, 0.1) is 12.5 Å². The molecule has 1 spiro atoms. The molecule has 5 N–H and O–H groups in total. The van der Waals surface area contributed by atoms with E-state index in [0.717, 1.165) is 32.1 Å². The van der Waals surface area contributed by atoms with Gasteiger partial charge in [-0.2, -0.15) is 13.2 Å². The molecule has 3 aliphatic carbocycles. The van der Waals surface area contributed by atoms with Gasteiger partial charge >= 0.3 is 6.18 Å². The Hall–Kier alpha value is -6.28. The van der Waals surface area contributed by atoms with Gasteiger partial charge < -0.3 is 60.9 Å². The molecule has 548 valence electrons. The van der Waals surface area contributed by atoms with Crippen LogP contribution >= 0.6 is 11.6 Å². The quantitative estimate of drug-likeness (QED) is 0.148. The molecule has 3 saturated carbocycles. The SMILES string of the molecule is CC[C@H](C)[C@@H]1NC(=O)[C@H](CC(C)C)N(C)C(=O)C[C@@H](C)NC(=O)[C@H](C(C)C)N(C)C(=O)C2(CCCC2)NC(=O)[C@@H]2CCCN2C(=O)[C@H](CCC2CCC(C(F)(F)F)C(Cl)C2)NC(=O)CN(C)C(=O)[C@H](CC2CCCCC2)N(C)C(=O)[C@@H]2CCN2C(=O)[C@H](CCC(=O)NC)N(C)C1=O. The van der Waals surface area contributed by atoms with E-state index in [1.165, 1.54) is 76.6 Å². The minimum Gasteiger partial charge on any atom is -0.359 e. The zero-order chi connectivity index (χ0) is 72.1. The van der Waals surface area contributed by atoms with Crippen molar-refractivity contribution in [2.45, 2.75) is 268 Å². The van der Waals surface area contributed by atoms with Gasteiger partial charge in [-0.15, -0.1) is 11.6 Å². The molecule has 0 aromatic rings. The molecule has 3 unspecified atom stereocenters. The lowest BCUT2D eigenvalue weighted by Crippen LogP contribution is -2.65. The van der Waals surface area contributed by atoms with E-state index in [0.29, 0.717) is 25.7 Å². The number of likely N-dealkylation sites (N-methyl/N-ethyl adjacent to an activating group) is 5. The number of alkyl halides is 4. The average Bonchev–Trinajstić information content (AvgIpc) is 1.72. The summed E-state index contributed by atoms with van der Waals surface area (Å²) in [5.74, 6) is -10.4. The number of fused-ring (bicyclic) bond motifs is 2. The van der Waals surface area contributed by atoms with E-state index in [4.69, 9.17) is 11.6 Å². The van der Waals surface area contributed by atoms with Crippen LogP contribution in [0.2, 0.25) is 0 Å². The molecule has 3 heterocycles. The molecule has 13 atom stereocenters. The standard InChI is InChI=1S/C69H112ClF3N12O12/c1-14-42(6)57-66(96)81(11)50(28-29-54(86)74-8)65(95)85-34-30-51(85)64(94)82(12)53(38-44-21-16-15-17-22-44)63(93)79(9)39-55(87)76-48(27-25-45-24-26-46(47(70)37-45)69(71,72)73)62(92)84-33-20-23-49(84)60(90)78-68(31-18-19-32-68)67(97)83(13)58(41(4)5)61(91)75-43(7)36-56(88)80(10)52(35-40(2)3)59(89)77-57/h40-53,57-58H,14-39H2,1-13H3,(H,74,86)(H,75,91)(H,76,87)(H,77,89)(H,78,90)/t42-,43+,45?,46?,47?,48-,49-,50-,51-,52-,53-,57-,58-/m0/s1. The largest absolute Gasteiger partial charge is 0.393 e. The molecule has 0 aromatic carbocycles. The van der Waals surface area contributed by atoms with Crippen molar-refractivity contribution in [2.24, 2.45) is 35.5 Å². The molecule has 97 heavy (non-hydrogen) atoms. The van der Waals surface area contributed by atoms with Crippen molar-refractivity contribution in [3.8, 4) is 0 Å². The zero-order valence-corrected chi connectivity index (χ0v) is 60.4. The number of halogens is 4. The number of carbonyl (C=O) groups is 12. The van der Waals surface area contributed by atoms with Crippen LogP contribution in [0.25, 0.3) is 0 Å². The molecule has 0 bridgehead atoms. The summed E-state index contributed by atoms with van der Waals surface area (Å²) in [6.07, 6.45) is 2.28. The molecule has 28 heteroatoms. The Morgan fingerprint density at radius 2 is 1.28 bits per heavy atom. The molecule has 0 radical (unpaired) electrons. The normalized spacial score (nSPS) is 30.5. The number of nitrogens with zero attached hydrogens (tertiary/aromatic N) is 7. The highest BCUT2D eigenvalue weighted by molar-refractivity contribution is 6.20. The van der Waals surface area contributed by atoms with Crippen LogP contribution in [0.15, 0.2) is 0 Å². The first-order chi connectivity index (χ1) is 45.6. The lowest BCUT2D eigenvalue weighted by molar-refractivity contribution is -0.182. The summed E-state index contributed by atoms with van der Waals surface area (Å²) in [7, 11) is 8.66. The van der Waals surface area contributed by atoms with E-state index in [1.807, 2.05) is 20.8 Å². The summed E-state index contributed by atoms with van der Waals surface area (Å²) in [5.41, 5.74) is -1.49. The summed E-state index contributed by atoms with van der Waals surface area (Å²) in [5, 5.41) is 13.0. The number of amides is 12. The van der Waals surface area contributed by atoms with Gasteiger partial charge in [-0.05, 0) is 120 Å². The van der Waals surface area contributed by atoms with Gasteiger partial charge in [-0.1, -0.05) is 92.9 Å². The third-order valence-electron chi connectivity index (χ3n) is 21.8. The maximum atomic E-state index is 15.2. The predicted molar refractivity (Wildman–Crippen MR) is 358 cm³/mol. The fourth-order valence-electron chi connectivity index (χ4n) is 15.5. The second-order valence-electron chi connectivity index (χ2n) is 29.7. The van der Waals surface area contributed by atoms with E-state index in [1.54, 1.807) is 27.7 Å². The van der Waals surface area contributed by atoms with Gasteiger partial charge in [0.25, 0.3) is 0 Å². The Bertz CT molecular complexity index is 2820. The van der Waals surface area contributed by atoms with Crippen molar-refractivity contribution in [3.63, 3.8) is 0 Å². The lowest BCUT2D eigenvalue weighted by Gasteiger charge is -2.46. The Labute approximate surface area is 576 Å². The molecule has 6 rings (SSSR count). The van der Waals surface area contributed by atoms with Crippen molar-refractivity contribution in [1.82, 2.24) is 60.9 Å². The van der Waals surface area contributed by atoms with E-state index in [2.05, 4.69) is 26.6 Å². The Balaban J connectivity index is 1.40. The summed E-state index contributed by atoms with van der Waals surface area (Å²) in [6, 6.07) is -10.3. The number of hydrogen-bond acceptors (Lipinski definition) is 12. The van der Waals surface area contributed by atoms with Crippen LogP contribution in [0.5, 0.6) is 0 Å². The molecule has 0 aromatic heterocycles. The van der Waals surface area contributed by atoms with Gasteiger partial charge in [0.15, 0.2) is 0 Å². The Morgan fingerprint density at radius 3 is 1.86 bits per heavy atom. The van der Waals surface area contributed by atoms with E-state index in [9.17, 15) is 41.9 Å². The van der Waals surface area contributed by atoms with Crippen LogP contribution < -0.4 is 26.6 Å². The summed E-state index contributed by atoms with van der Waals surface area (Å²) in [6.45, 7) is 12.1. The fourth-order valence-corrected chi connectivity index (χ4v) is 16.1. The van der Waals surface area contributed by atoms with Crippen molar-refractivity contribution >= 4 is 82.5 Å². The molecule has 24 nitrogen and oxygen atoms in total. The number of carbonyl (C=O) groups excluding carboxylic acids is 12. The second kappa shape index (κ2) is 35.2. The number of rotatable bonds is 13. The monoisotopic (exact) mass is 1390 g/mol. The molecule has 12 amide bonds. The number of hydrogen-bond donors (Lipinski definition) is 5. The Kier molecular flexibility index (Phi) is 28.9. The van der Waals surface area contributed by atoms with Gasteiger partial charge in [-0.3, -0.25) is 57.5 Å². The van der Waals surface area contributed by atoms with E-state index >= 15 is 28.8 Å². The summed E-state index contributed by atoms with van der Waals surface area (Å²) in [4.78, 5) is 185. The molecule has 6 aliphatic rings. The fraction of sp³-hybridized carbons (Fsp3) is 0.826. The van der Waals surface area contributed by atoms with Gasteiger partial charge in [0.2, 0.25) is 70.9 Å². The number of nitrogens with one attached hydrogen (secondary N) is 5. The maximum Gasteiger partial charge on any atom is 0.393 e. The lowest BCUT2D eigenvalue weighted by atomic mass is 9.78. The highest BCUT2D eigenvalue weighted by Gasteiger charge is 2.52. The first kappa shape index (κ1) is 79.7. The third kappa shape index (κ3) is 20.0. The van der Waals surface area contributed by atoms with E-state index in [-0.39, 0.29) is 121 Å². The van der Waals surface area contributed by atoms with Crippen LogP contribution in [-0.2, 0) is 57.5 Å². The molecule has 6 fully saturated rings. The minimum absolute atomic E-state index is 0.00177. The molecular formula is C69H112ClF3N12O12. The third-order valence-corrected chi connectivity index (χ3v) is 22.2. The van der Waals surface area contributed by atoms with Gasteiger partial charge in [0.1, 0.15) is 53.9 Å². The molecule has 3 aliphatic heterocycles. The van der Waals surface area contributed by atoms with Crippen LogP contribution in [0, 0.1) is 35.5 Å². The van der Waals surface area contributed by atoms with Gasteiger partial charge in [0, 0.05) is 79.6 Å². The Morgan fingerprint density at radius 1 is 0.639 bits per heavy atom. The van der Waals surface area contributed by atoms with Crippen molar-refractivity contribution < 1.29 is 70.7 Å².